The lowest BCUT2D eigenvalue weighted by molar-refractivity contribution is -0.0686. The number of aromatic nitrogens is 2. The van der Waals surface area contributed by atoms with Gasteiger partial charge in [-0.25, -0.2) is 9.78 Å². The molecule has 2 aromatic heterocycles. The molecule has 0 aliphatic rings. The van der Waals surface area contributed by atoms with Crippen LogP contribution in [0.4, 0.5) is 13.2 Å². The van der Waals surface area contributed by atoms with Gasteiger partial charge in [0.25, 0.3) is 0 Å². The van der Waals surface area contributed by atoms with E-state index in [0.717, 1.165) is 11.0 Å². The Morgan fingerprint density at radius 1 is 1.03 bits per heavy atom. The van der Waals surface area contributed by atoms with Crippen molar-refractivity contribution in [2.45, 2.75) is 6.18 Å². The number of benzene rings is 2. The number of esters is 1. The molecule has 0 N–H and O–H groups in total. The number of nitrogens with zero attached hydrogens (tertiary/aromatic N) is 2. The third-order valence-electron chi connectivity index (χ3n) is 4.73. The third-order valence-corrected chi connectivity index (χ3v) is 4.73. The van der Waals surface area contributed by atoms with Crippen LogP contribution < -0.4 is 0 Å². The second-order valence-electron chi connectivity index (χ2n) is 6.47. The molecule has 0 unspecified atom stereocenters. The van der Waals surface area contributed by atoms with Crippen LogP contribution in [0.2, 0.25) is 0 Å². The monoisotopic (exact) mass is 396 g/mol. The fourth-order valence-electron chi connectivity index (χ4n) is 3.23. The molecule has 4 nitrogen and oxygen atoms in total. The maximum Gasteiger partial charge on any atom is 0.416 e. The Balaban J connectivity index is 1.87. The van der Waals surface area contributed by atoms with Crippen LogP contribution in [0.3, 0.4) is 0 Å². The van der Waals surface area contributed by atoms with E-state index in [1.807, 2.05) is 22.7 Å². The normalized spacial score (nSPS) is 11.7. The molecule has 0 aliphatic carbocycles. The molecular formula is C22H15F3N2O2. The van der Waals surface area contributed by atoms with Crippen molar-refractivity contribution >= 4 is 28.1 Å². The lowest BCUT2D eigenvalue weighted by Gasteiger charge is -2.12. The van der Waals surface area contributed by atoms with Gasteiger partial charge in [0, 0.05) is 11.8 Å². The summed E-state index contributed by atoms with van der Waals surface area (Å²) >= 11 is 0. The minimum absolute atomic E-state index is 0.00131. The van der Waals surface area contributed by atoms with Gasteiger partial charge in [0.05, 0.1) is 40.5 Å². The smallest absolute Gasteiger partial charge is 0.416 e. The summed E-state index contributed by atoms with van der Waals surface area (Å²) in [6, 6.07) is 14.7. The highest BCUT2D eigenvalue weighted by atomic mass is 19.4. The Labute approximate surface area is 163 Å². The molecule has 0 spiro atoms. The largest absolute Gasteiger partial charge is 0.465 e. The van der Waals surface area contributed by atoms with E-state index in [0.29, 0.717) is 22.3 Å². The molecule has 0 fully saturated rings. The summed E-state index contributed by atoms with van der Waals surface area (Å²) in [6.07, 6.45) is -2.62. The molecule has 4 aromatic rings. The highest BCUT2D eigenvalue weighted by molar-refractivity contribution is 5.95. The lowest BCUT2D eigenvalue weighted by Crippen LogP contribution is -2.09. The number of allylic oxidation sites excluding steroid dienone is 1. The van der Waals surface area contributed by atoms with Gasteiger partial charge >= 0.3 is 12.1 Å². The number of methoxy groups -OCH3 is 1. The summed E-state index contributed by atoms with van der Waals surface area (Å²) in [5, 5.41) is 0. The van der Waals surface area contributed by atoms with Crippen LogP contribution in [0.5, 0.6) is 0 Å². The van der Waals surface area contributed by atoms with Crippen molar-refractivity contribution in [1.82, 2.24) is 9.38 Å². The topological polar surface area (TPSA) is 43.6 Å². The van der Waals surface area contributed by atoms with E-state index < -0.39 is 17.7 Å². The van der Waals surface area contributed by atoms with Gasteiger partial charge in [-0.3, -0.25) is 0 Å². The molecule has 0 bridgehead atoms. The van der Waals surface area contributed by atoms with Crippen LogP contribution in [0, 0.1) is 0 Å². The van der Waals surface area contributed by atoms with Crippen LogP contribution >= 0.6 is 0 Å². The fourth-order valence-corrected chi connectivity index (χ4v) is 3.23. The summed E-state index contributed by atoms with van der Waals surface area (Å²) in [4.78, 5) is 16.5. The van der Waals surface area contributed by atoms with Crippen LogP contribution in [-0.2, 0) is 4.74 Å². The minimum Gasteiger partial charge on any atom is -0.465 e. The van der Waals surface area contributed by atoms with E-state index >= 15 is 0 Å². The molecule has 2 heterocycles. The number of ether oxygens (including phenoxy) is 1. The predicted octanol–water partition coefficient (Wildman–Crippen LogP) is 5.52. The summed E-state index contributed by atoms with van der Waals surface area (Å²) in [5.74, 6) is -0.474. The van der Waals surface area contributed by atoms with Gasteiger partial charge in [-0.05, 0) is 35.9 Å². The van der Waals surface area contributed by atoms with Crippen LogP contribution in [0.15, 0.2) is 67.4 Å². The molecule has 0 atom stereocenters. The summed E-state index contributed by atoms with van der Waals surface area (Å²) < 4.78 is 45.3. The standard InChI is InChI=1S/C22H15F3N2O2/c1-13(22(23,24)25)14-5-7-15(8-6-14)20-19-4-3-11-27(19)18-10-9-16(21(28)29-2)12-17(18)26-20/h3-12H,1H2,2H3. The van der Waals surface area contributed by atoms with Crippen LogP contribution in [0.25, 0.3) is 33.4 Å². The van der Waals surface area contributed by atoms with Gasteiger partial charge in [0.2, 0.25) is 0 Å². The van der Waals surface area contributed by atoms with E-state index in [9.17, 15) is 18.0 Å². The first-order valence-electron chi connectivity index (χ1n) is 8.65. The van der Waals surface area contributed by atoms with E-state index in [1.165, 1.54) is 19.2 Å². The number of carbonyl (C=O) groups is 1. The molecule has 2 aromatic carbocycles. The number of alkyl halides is 3. The lowest BCUT2D eigenvalue weighted by atomic mass is 10.0. The zero-order valence-corrected chi connectivity index (χ0v) is 15.3. The number of halogens is 3. The number of rotatable bonds is 3. The maximum absolute atomic E-state index is 12.9. The molecule has 0 radical (unpaired) electrons. The summed E-state index contributed by atoms with van der Waals surface area (Å²) in [7, 11) is 1.30. The Hall–Kier alpha value is -3.61. The van der Waals surface area contributed by atoms with Gasteiger partial charge in [0.15, 0.2) is 0 Å². The van der Waals surface area contributed by atoms with Crippen molar-refractivity contribution in [2.75, 3.05) is 7.11 Å². The van der Waals surface area contributed by atoms with Gasteiger partial charge in [0.1, 0.15) is 0 Å². The predicted molar refractivity (Wildman–Crippen MR) is 105 cm³/mol. The maximum atomic E-state index is 12.9. The van der Waals surface area contributed by atoms with Crippen molar-refractivity contribution in [1.29, 1.82) is 0 Å². The highest BCUT2D eigenvalue weighted by Gasteiger charge is 2.32. The summed E-state index contributed by atoms with van der Waals surface area (Å²) in [6.45, 7) is 3.13. The minimum atomic E-state index is -4.48. The molecule has 0 amide bonds. The molecule has 0 aliphatic heterocycles. The fraction of sp³-hybridized carbons (Fsp3) is 0.0909. The Morgan fingerprint density at radius 3 is 2.38 bits per heavy atom. The Kier molecular flexibility index (Phi) is 4.38. The first kappa shape index (κ1) is 18.7. The second kappa shape index (κ2) is 6.77. The average molecular weight is 396 g/mol. The van der Waals surface area contributed by atoms with Crippen molar-refractivity contribution in [3.05, 3.63) is 78.5 Å². The molecule has 7 heteroatoms. The zero-order chi connectivity index (χ0) is 20.8. The third kappa shape index (κ3) is 3.24. The average Bonchev–Trinajstić information content (AvgIpc) is 3.21. The molecule has 29 heavy (non-hydrogen) atoms. The van der Waals surface area contributed by atoms with Crippen molar-refractivity contribution in [2.24, 2.45) is 0 Å². The second-order valence-corrected chi connectivity index (χ2v) is 6.47. The van der Waals surface area contributed by atoms with E-state index in [-0.39, 0.29) is 5.56 Å². The Morgan fingerprint density at radius 2 is 1.72 bits per heavy atom. The van der Waals surface area contributed by atoms with E-state index in [1.54, 1.807) is 30.3 Å². The van der Waals surface area contributed by atoms with Crippen molar-refractivity contribution < 1.29 is 22.7 Å². The van der Waals surface area contributed by atoms with E-state index in [4.69, 9.17) is 4.74 Å². The quantitative estimate of drug-likeness (QED) is 0.429. The zero-order valence-electron chi connectivity index (χ0n) is 15.3. The molecule has 0 saturated carbocycles. The number of fused-ring (bicyclic) bond motifs is 3. The highest BCUT2D eigenvalue weighted by Crippen LogP contribution is 2.34. The van der Waals surface area contributed by atoms with Crippen LogP contribution in [-0.4, -0.2) is 28.6 Å². The van der Waals surface area contributed by atoms with Crippen molar-refractivity contribution in [3.8, 4) is 11.3 Å². The molecule has 4 rings (SSSR count). The molecule has 146 valence electrons. The first-order chi connectivity index (χ1) is 13.8. The van der Waals surface area contributed by atoms with E-state index in [2.05, 4.69) is 11.6 Å². The number of carbonyl (C=O) groups excluding carboxylic acids is 1. The van der Waals surface area contributed by atoms with Gasteiger partial charge in [-0.1, -0.05) is 30.8 Å². The number of hydrogen-bond donors (Lipinski definition) is 0. The van der Waals surface area contributed by atoms with Crippen LogP contribution in [0.1, 0.15) is 15.9 Å². The molecular weight excluding hydrogens is 381 g/mol. The molecule has 0 saturated heterocycles. The number of hydrogen-bond acceptors (Lipinski definition) is 3. The van der Waals surface area contributed by atoms with Gasteiger partial charge < -0.3 is 9.14 Å². The first-order valence-corrected chi connectivity index (χ1v) is 8.65. The van der Waals surface area contributed by atoms with Crippen molar-refractivity contribution in [3.63, 3.8) is 0 Å². The van der Waals surface area contributed by atoms with Gasteiger partial charge in [-0.15, -0.1) is 0 Å². The summed E-state index contributed by atoms with van der Waals surface area (Å²) in [5.41, 5.74) is 2.87. The van der Waals surface area contributed by atoms with Gasteiger partial charge in [-0.2, -0.15) is 13.2 Å². The Bertz CT molecular complexity index is 1260. The SMILES string of the molecule is C=C(c1ccc(-c2nc3cc(C(=O)OC)ccc3n3cccc23)cc1)C(F)(F)F.